The van der Waals surface area contributed by atoms with Gasteiger partial charge in [-0.05, 0) is 36.6 Å². The van der Waals surface area contributed by atoms with Crippen LogP contribution in [0.2, 0.25) is 0 Å². The van der Waals surface area contributed by atoms with Crippen LogP contribution in [0.4, 0.5) is 11.4 Å². The average molecular weight is 312 g/mol. The van der Waals surface area contributed by atoms with Crippen molar-refractivity contribution in [3.05, 3.63) is 24.3 Å². The number of nitrogens with two attached hydrogens (primary N) is 2. The number of anilines is 2. The molecule has 0 bridgehead atoms. The van der Waals surface area contributed by atoms with E-state index in [-0.39, 0.29) is 10.3 Å². The van der Waals surface area contributed by atoms with Crippen molar-refractivity contribution in [1.29, 1.82) is 10.8 Å². The Morgan fingerprint density at radius 3 is 1.55 bits per heavy atom. The van der Waals surface area contributed by atoms with Gasteiger partial charge in [-0.2, -0.15) is 0 Å². The monoisotopic (exact) mass is 312 g/mol. The Kier molecular flexibility index (Phi) is 5.62. The van der Waals surface area contributed by atoms with E-state index >= 15 is 0 Å². The number of amidine groups is 2. The summed E-state index contributed by atoms with van der Waals surface area (Å²) in [5.41, 5.74) is 11.2. The summed E-state index contributed by atoms with van der Waals surface area (Å²) in [5, 5.41) is 19.2. The standard InChI is InChI=1S/C10H12N6O2S2/c11-7(12)17-9(19)15-5-3-1-2-4-6(5)16-10(20)18-8(13)14/h1-4H,(H3,11,12)(H3,13,14)(H,15,19)(H,16,20). The van der Waals surface area contributed by atoms with Gasteiger partial charge in [0.25, 0.3) is 22.4 Å². The van der Waals surface area contributed by atoms with E-state index in [4.69, 9.17) is 56.2 Å². The van der Waals surface area contributed by atoms with Crippen molar-refractivity contribution in [3.63, 3.8) is 0 Å². The van der Waals surface area contributed by atoms with Crippen LogP contribution >= 0.6 is 24.4 Å². The van der Waals surface area contributed by atoms with E-state index in [2.05, 4.69) is 10.6 Å². The lowest BCUT2D eigenvalue weighted by atomic mass is 10.2. The summed E-state index contributed by atoms with van der Waals surface area (Å²) in [4.78, 5) is 0. The number of benzene rings is 1. The Hall–Kier alpha value is -2.46. The minimum absolute atomic E-state index is 0.0924. The molecular formula is C10H12N6O2S2. The Morgan fingerprint density at radius 2 is 1.25 bits per heavy atom. The second kappa shape index (κ2) is 7.21. The zero-order valence-corrected chi connectivity index (χ0v) is 11.7. The quantitative estimate of drug-likeness (QED) is 0.269. The highest BCUT2D eigenvalue weighted by Crippen LogP contribution is 2.21. The van der Waals surface area contributed by atoms with Gasteiger partial charge in [-0.1, -0.05) is 12.1 Å². The van der Waals surface area contributed by atoms with E-state index in [0.717, 1.165) is 0 Å². The van der Waals surface area contributed by atoms with Gasteiger partial charge in [0.2, 0.25) is 0 Å². The predicted molar refractivity (Wildman–Crippen MR) is 84.9 cm³/mol. The molecule has 8 nitrogen and oxygen atoms in total. The fourth-order valence-corrected chi connectivity index (χ4v) is 1.57. The summed E-state index contributed by atoms with van der Waals surface area (Å²) in [6.45, 7) is 0. The van der Waals surface area contributed by atoms with Crippen LogP contribution < -0.4 is 22.1 Å². The third-order valence-corrected chi connectivity index (χ3v) is 2.18. The summed E-state index contributed by atoms with van der Waals surface area (Å²) in [7, 11) is 0. The van der Waals surface area contributed by atoms with Gasteiger partial charge in [0, 0.05) is 0 Å². The third-order valence-electron chi connectivity index (χ3n) is 1.81. The van der Waals surface area contributed by atoms with Crippen molar-refractivity contribution in [3.8, 4) is 0 Å². The lowest BCUT2D eigenvalue weighted by Gasteiger charge is -2.14. The van der Waals surface area contributed by atoms with Gasteiger partial charge in [-0.3, -0.25) is 10.8 Å². The minimum atomic E-state index is -0.525. The molecule has 0 unspecified atom stereocenters. The molecule has 0 aliphatic carbocycles. The first kappa shape index (κ1) is 15.6. The van der Waals surface area contributed by atoms with E-state index in [1.165, 1.54) is 0 Å². The molecule has 0 aromatic heterocycles. The molecule has 8 N–H and O–H groups in total. The second-order valence-corrected chi connectivity index (χ2v) is 4.04. The van der Waals surface area contributed by atoms with Crippen molar-refractivity contribution in [1.82, 2.24) is 0 Å². The molecule has 1 rings (SSSR count). The van der Waals surface area contributed by atoms with E-state index in [9.17, 15) is 0 Å². The van der Waals surface area contributed by atoms with E-state index in [1.54, 1.807) is 24.3 Å². The van der Waals surface area contributed by atoms with Crippen LogP contribution in [-0.4, -0.2) is 22.4 Å². The second-order valence-electron chi connectivity index (χ2n) is 3.30. The van der Waals surface area contributed by atoms with Crippen molar-refractivity contribution in [2.45, 2.75) is 0 Å². The maximum atomic E-state index is 6.97. The number of nitrogens with one attached hydrogen (secondary N) is 4. The number of rotatable bonds is 2. The zero-order valence-electron chi connectivity index (χ0n) is 10.1. The van der Waals surface area contributed by atoms with Crippen molar-refractivity contribution < 1.29 is 9.47 Å². The van der Waals surface area contributed by atoms with Gasteiger partial charge in [0.15, 0.2) is 0 Å². The van der Waals surface area contributed by atoms with Crippen LogP contribution in [0.25, 0.3) is 0 Å². The molecule has 0 radical (unpaired) electrons. The van der Waals surface area contributed by atoms with Gasteiger partial charge >= 0.3 is 0 Å². The summed E-state index contributed by atoms with van der Waals surface area (Å²) >= 11 is 9.71. The van der Waals surface area contributed by atoms with Gasteiger partial charge in [-0.25, -0.2) is 0 Å². The van der Waals surface area contributed by atoms with E-state index < -0.39 is 12.0 Å². The van der Waals surface area contributed by atoms with Crippen LogP contribution in [0.15, 0.2) is 24.3 Å². The van der Waals surface area contributed by atoms with E-state index in [0.29, 0.717) is 11.4 Å². The largest absolute Gasteiger partial charge is 0.399 e. The zero-order chi connectivity index (χ0) is 15.1. The maximum absolute atomic E-state index is 6.97. The minimum Gasteiger partial charge on any atom is -0.399 e. The van der Waals surface area contributed by atoms with E-state index in [1.807, 2.05) is 0 Å². The SMILES string of the molecule is N=C(N)OC(=S)Nc1ccccc1NC(=S)OC(=N)N. The normalized spacial score (nSPS) is 9.20. The molecular weight excluding hydrogens is 300 g/mol. The third kappa shape index (κ3) is 5.46. The van der Waals surface area contributed by atoms with Crippen LogP contribution in [0.1, 0.15) is 0 Å². The topological polar surface area (TPSA) is 142 Å². The molecule has 0 saturated heterocycles. The fourth-order valence-electron chi connectivity index (χ4n) is 1.17. The Morgan fingerprint density at radius 1 is 0.900 bits per heavy atom. The molecule has 106 valence electrons. The fraction of sp³-hybridized carbons (Fsp3) is 0. The molecule has 1 aromatic carbocycles. The summed E-state index contributed by atoms with van der Waals surface area (Å²) < 4.78 is 9.43. The Bertz CT molecular complexity index is 513. The van der Waals surface area contributed by atoms with Crippen molar-refractivity contribution >= 4 is 58.2 Å². The Balaban J connectivity index is 2.77. The van der Waals surface area contributed by atoms with Crippen molar-refractivity contribution in [2.75, 3.05) is 10.6 Å². The first-order valence-corrected chi connectivity index (χ1v) is 5.95. The number of para-hydroxylation sites is 2. The van der Waals surface area contributed by atoms with Crippen LogP contribution in [0.3, 0.4) is 0 Å². The summed E-state index contributed by atoms with van der Waals surface area (Å²) in [6.07, 6.45) is 0. The van der Waals surface area contributed by atoms with Crippen LogP contribution in [0.5, 0.6) is 0 Å². The molecule has 0 atom stereocenters. The molecule has 10 heteroatoms. The summed E-state index contributed by atoms with van der Waals surface area (Å²) in [5.74, 6) is 0. The molecule has 1 aromatic rings. The number of thiocarbonyl (C=S) groups is 2. The number of ether oxygens (including phenoxy) is 2. The van der Waals surface area contributed by atoms with Gasteiger partial charge in [0.05, 0.1) is 11.4 Å². The molecule has 0 heterocycles. The van der Waals surface area contributed by atoms with Crippen molar-refractivity contribution in [2.24, 2.45) is 11.5 Å². The summed E-state index contributed by atoms with van der Waals surface area (Å²) in [6, 6.07) is 5.83. The van der Waals surface area contributed by atoms with Gasteiger partial charge in [-0.15, -0.1) is 0 Å². The highest BCUT2D eigenvalue weighted by Gasteiger charge is 2.08. The predicted octanol–water partition coefficient (Wildman–Crippen LogP) is 0.900. The maximum Gasteiger partial charge on any atom is 0.286 e. The molecule has 0 aliphatic heterocycles. The molecule has 20 heavy (non-hydrogen) atoms. The molecule has 0 fully saturated rings. The molecule has 0 aliphatic rings. The first-order chi connectivity index (χ1) is 9.38. The number of hydrogen-bond donors (Lipinski definition) is 6. The average Bonchev–Trinajstić information content (AvgIpc) is 2.29. The molecule has 0 spiro atoms. The van der Waals surface area contributed by atoms with Crippen LogP contribution in [0, 0.1) is 10.8 Å². The highest BCUT2D eigenvalue weighted by molar-refractivity contribution is 7.80. The van der Waals surface area contributed by atoms with Crippen LogP contribution in [-0.2, 0) is 9.47 Å². The molecule has 0 amide bonds. The number of hydrogen-bond acceptors (Lipinski definition) is 6. The van der Waals surface area contributed by atoms with Gasteiger partial charge in [0.1, 0.15) is 0 Å². The molecule has 0 saturated carbocycles. The highest BCUT2D eigenvalue weighted by atomic mass is 32.1. The van der Waals surface area contributed by atoms with Gasteiger partial charge < -0.3 is 31.6 Å². The lowest BCUT2D eigenvalue weighted by molar-refractivity contribution is 0.541. The Labute approximate surface area is 125 Å². The first-order valence-electron chi connectivity index (χ1n) is 5.13. The lowest BCUT2D eigenvalue weighted by Crippen LogP contribution is -2.25. The smallest absolute Gasteiger partial charge is 0.286 e.